The fourth-order valence-electron chi connectivity index (χ4n) is 0.975. The molecule has 0 aliphatic rings. The lowest BCUT2D eigenvalue weighted by atomic mass is 10.3. The molecule has 1 aromatic rings. The summed E-state index contributed by atoms with van der Waals surface area (Å²) < 4.78 is 9.69. The van der Waals surface area contributed by atoms with Gasteiger partial charge in [-0.2, -0.15) is 0 Å². The summed E-state index contributed by atoms with van der Waals surface area (Å²) in [6, 6.07) is 7.07. The maximum Gasteiger partial charge on any atom is 0.349 e. The minimum Gasteiger partial charge on any atom is -0.497 e. The Labute approximate surface area is 88.5 Å². The second kappa shape index (κ2) is 5.80. The van der Waals surface area contributed by atoms with Crippen LogP contribution in [0.25, 0.3) is 0 Å². The van der Waals surface area contributed by atoms with E-state index in [0.29, 0.717) is 12.3 Å². The standard InChI is InChI=1S/C11H13NO3/c1-3-15-11(13)8-12-9-4-6-10(14-2)7-5-9/h4-8H,3H2,1-2H3. The first-order chi connectivity index (χ1) is 7.26. The van der Waals surface area contributed by atoms with Crippen LogP contribution < -0.4 is 4.74 Å². The van der Waals surface area contributed by atoms with Crippen LogP contribution in [-0.2, 0) is 9.53 Å². The van der Waals surface area contributed by atoms with Crippen LogP contribution in [0.4, 0.5) is 5.69 Å². The first-order valence-corrected chi connectivity index (χ1v) is 4.61. The molecule has 0 N–H and O–H groups in total. The lowest BCUT2D eigenvalue weighted by Crippen LogP contribution is -2.04. The molecule has 0 fully saturated rings. The normalized spacial score (nSPS) is 10.3. The van der Waals surface area contributed by atoms with Gasteiger partial charge in [-0.3, -0.25) is 0 Å². The van der Waals surface area contributed by atoms with Crippen molar-refractivity contribution in [2.75, 3.05) is 13.7 Å². The maximum absolute atomic E-state index is 10.9. The predicted octanol–water partition coefficient (Wildman–Crippen LogP) is 1.96. The van der Waals surface area contributed by atoms with Crippen LogP contribution in [-0.4, -0.2) is 25.9 Å². The Morgan fingerprint density at radius 2 is 2.07 bits per heavy atom. The Bertz CT molecular complexity index is 343. The van der Waals surface area contributed by atoms with E-state index in [2.05, 4.69) is 4.99 Å². The zero-order chi connectivity index (χ0) is 11.1. The quantitative estimate of drug-likeness (QED) is 0.560. The van der Waals surface area contributed by atoms with Crippen molar-refractivity contribution >= 4 is 17.9 Å². The third-order valence-electron chi connectivity index (χ3n) is 1.68. The Morgan fingerprint density at radius 3 is 2.60 bits per heavy atom. The van der Waals surface area contributed by atoms with E-state index in [0.717, 1.165) is 12.0 Å². The highest BCUT2D eigenvalue weighted by Gasteiger charge is 1.95. The largest absolute Gasteiger partial charge is 0.497 e. The van der Waals surface area contributed by atoms with Crippen molar-refractivity contribution in [2.45, 2.75) is 6.92 Å². The Kier molecular flexibility index (Phi) is 4.34. The van der Waals surface area contributed by atoms with E-state index >= 15 is 0 Å². The SMILES string of the molecule is CCOC(=O)C=Nc1ccc(OC)cc1. The van der Waals surface area contributed by atoms with E-state index < -0.39 is 5.97 Å². The molecule has 0 radical (unpaired) electrons. The number of methoxy groups -OCH3 is 1. The number of hydrogen-bond acceptors (Lipinski definition) is 4. The molecule has 0 aromatic heterocycles. The first-order valence-electron chi connectivity index (χ1n) is 4.61. The Hall–Kier alpha value is -1.84. The highest BCUT2D eigenvalue weighted by molar-refractivity contribution is 6.23. The third-order valence-corrected chi connectivity index (χ3v) is 1.68. The number of carbonyl (C=O) groups is 1. The molecule has 1 rings (SSSR count). The fourth-order valence-corrected chi connectivity index (χ4v) is 0.975. The van der Waals surface area contributed by atoms with E-state index in [1.165, 1.54) is 0 Å². The van der Waals surface area contributed by atoms with Crippen molar-refractivity contribution in [1.82, 2.24) is 0 Å². The van der Waals surface area contributed by atoms with E-state index in [4.69, 9.17) is 9.47 Å². The van der Waals surface area contributed by atoms with Gasteiger partial charge in [0.25, 0.3) is 0 Å². The number of ether oxygens (including phenoxy) is 2. The Morgan fingerprint density at radius 1 is 1.40 bits per heavy atom. The van der Waals surface area contributed by atoms with Crippen molar-refractivity contribution in [3.63, 3.8) is 0 Å². The molecule has 4 heteroatoms. The highest BCUT2D eigenvalue weighted by Crippen LogP contribution is 2.16. The van der Waals surface area contributed by atoms with Gasteiger partial charge in [0.2, 0.25) is 0 Å². The average molecular weight is 207 g/mol. The number of carbonyl (C=O) groups excluding carboxylic acids is 1. The highest BCUT2D eigenvalue weighted by atomic mass is 16.5. The number of aliphatic imine (C=N–C) groups is 1. The molecule has 0 atom stereocenters. The van der Waals surface area contributed by atoms with Crippen LogP contribution in [0.2, 0.25) is 0 Å². The van der Waals surface area contributed by atoms with Crippen LogP contribution in [0.5, 0.6) is 5.75 Å². The minimum atomic E-state index is -0.437. The van der Waals surface area contributed by atoms with Crippen LogP contribution in [0.15, 0.2) is 29.3 Å². The van der Waals surface area contributed by atoms with Gasteiger partial charge in [-0.1, -0.05) is 0 Å². The zero-order valence-electron chi connectivity index (χ0n) is 8.77. The summed E-state index contributed by atoms with van der Waals surface area (Å²) in [7, 11) is 1.59. The van der Waals surface area contributed by atoms with Gasteiger partial charge in [-0.25, -0.2) is 9.79 Å². The van der Waals surface area contributed by atoms with Crippen LogP contribution in [0.1, 0.15) is 6.92 Å². The summed E-state index contributed by atoms with van der Waals surface area (Å²) in [4.78, 5) is 14.9. The smallest absolute Gasteiger partial charge is 0.349 e. The van der Waals surface area contributed by atoms with Gasteiger partial charge >= 0.3 is 5.97 Å². The number of esters is 1. The molecule has 1 aromatic carbocycles. The van der Waals surface area contributed by atoms with Crippen LogP contribution in [0.3, 0.4) is 0 Å². The van der Waals surface area contributed by atoms with Crippen LogP contribution >= 0.6 is 0 Å². The van der Waals surface area contributed by atoms with Gasteiger partial charge in [-0.05, 0) is 31.2 Å². The lowest BCUT2D eigenvalue weighted by molar-refractivity contribution is -0.134. The molecular weight excluding hydrogens is 194 g/mol. The van der Waals surface area contributed by atoms with Crippen molar-refractivity contribution in [3.05, 3.63) is 24.3 Å². The minimum absolute atomic E-state index is 0.355. The van der Waals surface area contributed by atoms with Gasteiger partial charge < -0.3 is 9.47 Å². The molecule has 80 valence electrons. The summed E-state index contributed by atoms with van der Waals surface area (Å²) in [5.41, 5.74) is 0.684. The first kappa shape index (κ1) is 11.2. The molecule has 15 heavy (non-hydrogen) atoms. The molecule has 4 nitrogen and oxygen atoms in total. The van der Waals surface area contributed by atoms with Crippen LogP contribution in [0, 0.1) is 0 Å². The average Bonchev–Trinajstić information content (AvgIpc) is 2.27. The van der Waals surface area contributed by atoms with Gasteiger partial charge in [-0.15, -0.1) is 0 Å². The van der Waals surface area contributed by atoms with E-state index in [1.54, 1.807) is 38.3 Å². The van der Waals surface area contributed by atoms with Crippen molar-refractivity contribution < 1.29 is 14.3 Å². The summed E-state index contributed by atoms with van der Waals surface area (Å²) in [5.74, 6) is 0.318. The molecule has 0 saturated carbocycles. The molecule has 0 amide bonds. The van der Waals surface area contributed by atoms with E-state index in [-0.39, 0.29) is 0 Å². The van der Waals surface area contributed by atoms with Crippen molar-refractivity contribution in [3.8, 4) is 5.75 Å². The molecule has 0 unspecified atom stereocenters. The third kappa shape index (κ3) is 3.81. The topological polar surface area (TPSA) is 47.9 Å². The van der Waals surface area contributed by atoms with E-state index in [9.17, 15) is 4.79 Å². The van der Waals surface area contributed by atoms with Gasteiger partial charge in [0.1, 0.15) is 12.0 Å². The summed E-state index contributed by atoms with van der Waals surface area (Å²) in [6.07, 6.45) is 1.16. The van der Waals surface area contributed by atoms with Gasteiger partial charge in [0.05, 0.1) is 19.4 Å². The van der Waals surface area contributed by atoms with Crippen molar-refractivity contribution in [1.29, 1.82) is 0 Å². The lowest BCUT2D eigenvalue weighted by Gasteiger charge is -1.98. The Balaban J connectivity index is 2.60. The summed E-state index contributed by atoms with van der Waals surface area (Å²) in [5, 5.41) is 0. The fraction of sp³-hybridized carbons (Fsp3) is 0.273. The molecular formula is C11H13NO3. The maximum atomic E-state index is 10.9. The second-order valence-electron chi connectivity index (χ2n) is 2.71. The number of hydrogen-bond donors (Lipinski definition) is 0. The van der Waals surface area contributed by atoms with Gasteiger partial charge in [0.15, 0.2) is 0 Å². The van der Waals surface area contributed by atoms with Crippen molar-refractivity contribution in [2.24, 2.45) is 4.99 Å². The molecule has 0 heterocycles. The molecule has 0 spiro atoms. The van der Waals surface area contributed by atoms with E-state index in [1.807, 2.05) is 0 Å². The molecule has 0 saturated heterocycles. The number of nitrogens with zero attached hydrogens (tertiary/aromatic N) is 1. The number of rotatable bonds is 4. The van der Waals surface area contributed by atoms with Gasteiger partial charge in [0, 0.05) is 0 Å². The summed E-state index contributed by atoms with van der Waals surface area (Å²) in [6.45, 7) is 2.10. The predicted molar refractivity (Wildman–Crippen MR) is 57.8 cm³/mol. The molecule has 0 aliphatic carbocycles. The zero-order valence-corrected chi connectivity index (χ0v) is 8.77. The monoisotopic (exact) mass is 207 g/mol. The molecule has 0 aliphatic heterocycles. The second-order valence-corrected chi connectivity index (χ2v) is 2.71. The molecule has 0 bridgehead atoms. The number of benzene rings is 1. The summed E-state index contributed by atoms with van der Waals surface area (Å²) >= 11 is 0.